The van der Waals surface area contributed by atoms with Gasteiger partial charge in [0.25, 0.3) is 5.91 Å². The van der Waals surface area contributed by atoms with E-state index in [1.807, 2.05) is 31.4 Å². The number of nitrogens with zero attached hydrogens (tertiary/aromatic N) is 3. The Hall–Kier alpha value is -3.00. The minimum atomic E-state index is -0.597. The van der Waals surface area contributed by atoms with Gasteiger partial charge in [0, 0.05) is 57.0 Å². The number of imidazole rings is 1. The highest BCUT2D eigenvalue weighted by atomic mass is 16.5. The van der Waals surface area contributed by atoms with Gasteiger partial charge in [0.05, 0.1) is 5.69 Å². The summed E-state index contributed by atoms with van der Waals surface area (Å²) < 4.78 is 7.34. The topological polar surface area (TPSA) is 93.5 Å². The van der Waals surface area contributed by atoms with Crippen LogP contribution >= 0.6 is 0 Å². The molecule has 0 bridgehead atoms. The second-order valence-electron chi connectivity index (χ2n) is 8.42. The number of fused-ring (bicyclic) bond motifs is 1. The number of benzene rings is 1. The average molecular weight is 408 g/mol. The van der Waals surface area contributed by atoms with Crippen molar-refractivity contribution in [3.05, 3.63) is 41.3 Å². The number of imide groups is 1. The van der Waals surface area contributed by atoms with E-state index in [2.05, 4.69) is 9.88 Å². The summed E-state index contributed by atoms with van der Waals surface area (Å²) in [6.45, 7) is 1.12. The molecule has 30 heavy (non-hydrogen) atoms. The van der Waals surface area contributed by atoms with Crippen LogP contribution in [0, 0.1) is 5.92 Å². The predicted molar refractivity (Wildman–Crippen MR) is 107 cm³/mol. The number of aryl methyl sites for hydroxylation is 1. The van der Waals surface area contributed by atoms with Crippen LogP contribution in [-0.2, 0) is 27.9 Å². The maximum Gasteiger partial charge on any atom is 0.255 e. The summed E-state index contributed by atoms with van der Waals surface area (Å²) in [5.41, 5.74) is 3.34. The van der Waals surface area contributed by atoms with Gasteiger partial charge in [-0.3, -0.25) is 19.7 Å². The molecule has 1 aromatic carbocycles. The summed E-state index contributed by atoms with van der Waals surface area (Å²) >= 11 is 0. The number of aromatic nitrogens is 2. The van der Waals surface area contributed by atoms with Crippen LogP contribution in [0.25, 0.3) is 11.3 Å². The third-order valence-corrected chi connectivity index (χ3v) is 6.37. The Balaban J connectivity index is 1.37. The van der Waals surface area contributed by atoms with Crippen molar-refractivity contribution < 1.29 is 19.1 Å². The van der Waals surface area contributed by atoms with Crippen LogP contribution in [0.3, 0.4) is 0 Å². The molecule has 1 aliphatic carbocycles. The Bertz CT molecular complexity index is 1060. The Morgan fingerprint density at radius 3 is 2.87 bits per heavy atom. The molecule has 3 amide bonds. The number of hydrogen-bond acceptors (Lipinski definition) is 5. The number of hydrogen-bond donors (Lipinski definition) is 1. The molecular weight excluding hydrogens is 384 g/mol. The summed E-state index contributed by atoms with van der Waals surface area (Å²) in [6, 6.07) is 5.12. The van der Waals surface area contributed by atoms with Crippen molar-refractivity contribution in [1.82, 2.24) is 19.8 Å². The molecule has 2 aliphatic heterocycles. The lowest BCUT2D eigenvalue weighted by molar-refractivity contribution is -0.136. The molecule has 3 heterocycles. The van der Waals surface area contributed by atoms with Gasteiger partial charge < -0.3 is 14.2 Å². The molecule has 1 saturated heterocycles. The first-order chi connectivity index (χ1) is 14.5. The van der Waals surface area contributed by atoms with Gasteiger partial charge in [-0.2, -0.15) is 0 Å². The fourth-order valence-corrected chi connectivity index (χ4v) is 4.66. The lowest BCUT2D eigenvalue weighted by Crippen LogP contribution is -2.52. The van der Waals surface area contributed by atoms with Crippen molar-refractivity contribution in [2.75, 3.05) is 13.7 Å². The standard InChI is InChI=1S/C22H24N4O4/c1-25-10-17(23-20(25)16-8-14(16)11-30-2)12-3-4-15-13(7-12)9-26(22(15)29)18-5-6-19(27)24-21(18)28/h3-4,7,10,14,16,18H,5-6,8-9,11H2,1-2H3,(H,24,27,28)/t14-,16+,18?/m1/s1. The molecule has 5 rings (SSSR count). The van der Waals surface area contributed by atoms with E-state index in [-0.39, 0.29) is 18.2 Å². The first-order valence-corrected chi connectivity index (χ1v) is 10.3. The fourth-order valence-electron chi connectivity index (χ4n) is 4.66. The zero-order valence-corrected chi connectivity index (χ0v) is 17.1. The van der Waals surface area contributed by atoms with E-state index in [1.165, 1.54) is 0 Å². The van der Waals surface area contributed by atoms with E-state index in [0.717, 1.165) is 35.7 Å². The van der Waals surface area contributed by atoms with Gasteiger partial charge >= 0.3 is 0 Å². The van der Waals surface area contributed by atoms with Crippen LogP contribution in [0.5, 0.6) is 0 Å². The number of nitrogens with one attached hydrogen (secondary N) is 1. The van der Waals surface area contributed by atoms with E-state index in [0.29, 0.717) is 30.4 Å². The van der Waals surface area contributed by atoms with Crippen molar-refractivity contribution >= 4 is 17.7 Å². The Kier molecular flexibility index (Phi) is 4.47. The lowest BCUT2D eigenvalue weighted by Gasteiger charge is -2.29. The van der Waals surface area contributed by atoms with Gasteiger partial charge in [0.15, 0.2) is 0 Å². The normalized spacial score (nSPS) is 25.5. The van der Waals surface area contributed by atoms with Crippen molar-refractivity contribution in [1.29, 1.82) is 0 Å². The number of rotatable bonds is 5. The monoisotopic (exact) mass is 408 g/mol. The molecule has 3 atom stereocenters. The van der Waals surface area contributed by atoms with Crippen LogP contribution < -0.4 is 5.32 Å². The highest BCUT2D eigenvalue weighted by Crippen LogP contribution is 2.47. The lowest BCUT2D eigenvalue weighted by atomic mass is 10.0. The SMILES string of the molecule is COC[C@H]1C[C@@H]1c1nc(-c2ccc3c(c2)CN(C2CCC(=O)NC2=O)C3=O)cn1C. The number of ether oxygens (including phenoxy) is 1. The third kappa shape index (κ3) is 3.11. The van der Waals surface area contributed by atoms with Crippen LogP contribution in [0.1, 0.15) is 46.9 Å². The summed E-state index contributed by atoms with van der Waals surface area (Å²) in [5, 5.41) is 2.34. The number of carbonyl (C=O) groups is 3. The van der Waals surface area contributed by atoms with E-state index >= 15 is 0 Å². The number of amides is 3. The molecule has 3 aliphatic rings. The average Bonchev–Trinajstić information content (AvgIpc) is 3.24. The zero-order valence-electron chi connectivity index (χ0n) is 17.1. The molecule has 1 aromatic heterocycles. The molecule has 8 nitrogen and oxygen atoms in total. The van der Waals surface area contributed by atoms with Gasteiger partial charge in [-0.25, -0.2) is 4.98 Å². The second-order valence-corrected chi connectivity index (χ2v) is 8.42. The van der Waals surface area contributed by atoms with Crippen LogP contribution in [0.15, 0.2) is 24.4 Å². The van der Waals surface area contributed by atoms with E-state index in [1.54, 1.807) is 12.0 Å². The molecule has 0 radical (unpaired) electrons. The highest BCUT2D eigenvalue weighted by Gasteiger charge is 2.42. The van der Waals surface area contributed by atoms with Gasteiger partial charge in [-0.05, 0) is 36.5 Å². The first-order valence-electron chi connectivity index (χ1n) is 10.3. The van der Waals surface area contributed by atoms with Crippen molar-refractivity contribution in [3.63, 3.8) is 0 Å². The van der Waals surface area contributed by atoms with Crippen molar-refractivity contribution in [2.24, 2.45) is 13.0 Å². The summed E-state index contributed by atoms with van der Waals surface area (Å²) in [7, 11) is 3.73. The van der Waals surface area contributed by atoms with Crippen LogP contribution in [-0.4, -0.2) is 51.9 Å². The Morgan fingerprint density at radius 1 is 1.27 bits per heavy atom. The minimum Gasteiger partial charge on any atom is -0.384 e. The molecule has 0 spiro atoms. The smallest absolute Gasteiger partial charge is 0.255 e. The van der Waals surface area contributed by atoms with E-state index in [9.17, 15) is 14.4 Å². The molecule has 1 N–H and O–H groups in total. The largest absolute Gasteiger partial charge is 0.384 e. The second kappa shape index (κ2) is 7.05. The van der Waals surface area contributed by atoms with Crippen LogP contribution in [0.4, 0.5) is 0 Å². The highest BCUT2D eigenvalue weighted by molar-refractivity contribution is 6.05. The van der Waals surface area contributed by atoms with Gasteiger partial charge in [-0.1, -0.05) is 6.07 Å². The quantitative estimate of drug-likeness (QED) is 0.759. The maximum absolute atomic E-state index is 12.9. The van der Waals surface area contributed by atoms with Crippen LogP contribution in [0.2, 0.25) is 0 Å². The summed E-state index contributed by atoms with van der Waals surface area (Å²) in [5.74, 6) is 1.20. The number of piperidine rings is 1. The predicted octanol–water partition coefficient (Wildman–Crippen LogP) is 1.60. The summed E-state index contributed by atoms with van der Waals surface area (Å²) in [4.78, 5) is 42.9. The number of carbonyl (C=O) groups excluding carboxylic acids is 3. The molecule has 156 valence electrons. The molecule has 1 unspecified atom stereocenters. The Labute approximate surface area is 174 Å². The van der Waals surface area contributed by atoms with Gasteiger partial charge in [0.1, 0.15) is 11.9 Å². The maximum atomic E-state index is 12.9. The minimum absolute atomic E-state index is 0.159. The number of methoxy groups -OCH3 is 1. The zero-order chi connectivity index (χ0) is 21.0. The van der Waals surface area contributed by atoms with E-state index in [4.69, 9.17) is 9.72 Å². The first kappa shape index (κ1) is 19.0. The molecular formula is C22H24N4O4. The van der Waals surface area contributed by atoms with E-state index < -0.39 is 11.9 Å². The molecule has 2 aromatic rings. The summed E-state index contributed by atoms with van der Waals surface area (Å²) in [6.07, 6.45) is 3.74. The van der Waals surface area contributed by atoms with Gasteiger partial charge in [-0.15, -0.1) is 0 Å². The third-order valence-electron chi connectivity index (χ3n) is 6.37. The molecule has 8 heteroatoms. The Morgan fingerprint density at radius 2 is 2.10 bits per heavy atom. The van der Waals surface area contributed by atoms with Crippen molar-refractivity contribution in [2.45, 2.75) is 37.8 Å². The van der Waals surface area contributed by atoms with Crippen molar-refractivity contribution in [3.8, 4) is 11.3 Å². The molecule has 2 fully saturated rings. The molecule has 1 saturated carbocycles. The fraction of sp³-hybridized carbons (Fsp3) is 0.455. The van der Waals surface area contributed by atoms with Gasteiger partial charge in [0.2, 0.25) is 11.8 Å².